The lowest BCUT2D eigenvalue weighted by molar-refractivity contribution is -0.129. The third kappa shape index (κ3) is 5.00. The lowest BCUT2D eigenvalue weighted by atomic mass is 10.1. The Bertz CT molecular complexity index is 797. The lowest BCUT2D eigenvalue weighted by Gasteiger charge is -2.34. The van der Waals surface area contributed by atoms with Gasteiger partial charge in [0.05, 0.1) is 12.7 Å². The molecule has 1 aliphatic heterocycles. The number of ether oxygens (including phenoxy) is 1. The SMILES string of the molecule is COc1ccc(CCNC(=O)c2ccc(N3CCN(C(C)=O)CC3)nc2)cc1. The zero-order valence-corrected chi connectivity index (χ0v) is 16.4. The molecule has 0 aliphatic carbocycles. The lowest BCUT2D eigenvalue weighted by Crippen LogP contribution is -2.48. The summed E-state index contributed by atoms with van der Waals surface area (Å²) in [7, 11) is 1.64. The van der Waals surface area contributed by atoms with Gasteiger partial charge in [0.1, 0.15) is 11.6 Å². The highest BCUT2D eigenvalue weighted by Gasteiger charge is 2.19. The van der Waals surface area contributed by atoms with E-state index in [4.69, 9.17) is 4.74 Å². The molecule has 1 aliphatic rings. The Hall–Kier alpha value is -3.09. The molecular formula is C21H26N4O3. The summed E-state index contributed by atoms with van der Waals surface area (Å²) in [5.74, 6) is 1.63. The number of aromatic nitrogens is 1. The Morgan fingerprint density at radius 1 is 1.07 bits per heavy atom. The zero-order valence-electron chi connectivity index (χ0n) is 16.4. The monoisotopic (exact) mass is 382 g/mol. The number of pyridine rings is 1. The first-order valence-electron chi connectivity index (χ1n) is 9.44. The topological polar surface area (TPSA) is 74.8 Å². The van der Waals surface area contributed by atoms with E-state index in [9.17, 15) is 9.59 Å². The molecule has 1 aromatic heterocycles. The number of rotatable bonds is 6. The summed E-state index contributed by atoms with van der Waals surface area (Å²) in [6.45, 7) is 5.05. The number of amides is 2. The van der Waals surface area contributed by atoms with Crippen LogP contribution in [0.15, 0.2) is 42.6 Å². The molecule has 148 valence electrons. The van der Waals surface area contributed by atoms with Crippen LogP contribution in [0.2, 0.25) is 0 Å². The minimum absolute atomic E-state index is 0.106. The predicted molar refractivity (Wildman–Crippen MR) is 108 cm³/mol. The zero-order chi connectivity index (χ0) is 19.9. The normalized spacial score (nSPS) is 13.9. The molecule has 7 nitrogen and oxygen atoms in total. The number of hydrogen-bond donors (Lipinski definition) is 1. The maximum absolute atomic E-state index is 12.3. The third-order valence-corrected chi connectivity index (χ3v) is 4.92. The highest BCUT2D eigenvalue weighted by Crippen LogP contribution is 2.14. The number of carbonyl (C=O) groups is 2. The van der Waals surface area contributed by atoms with Crippen molar-refractivity contribution in [2.45, 2.75) is 13.3 Å². The third-order valence-electron chi connectivity index (χ3n) is 4.92. The summed E-state index contributed by atoms with van der Waals surface area (Å²) in [4.78, 5) is 32.1. The van der Waals surface area contributed by atoms with Crippen molar-refractivity contribution in [2.24, 2.45) is 0 Å². The molecule has 1 saturated heterocycles. The van der Waals surface area contributed by atoms with Gasteiger partial charge >= 0.3 is 0 Å². The van der Waals surface area contributed by atoms with E-state index in [0.717, 1.165) is 36.6 Å². The molecule has 0 bridgehead atoms. The first kappa shape index (κ1) is 19.7. The fraction of sp³-hybridized carbons (Fsp3) is 0.381. The van der Waals surface area contributed by atoms with Crippen molar-refractivity contribution in [3.05, 3.63) is 53.7 Å². The molecular weight excluding hydrogens is 356 g/mol. The number of nitrogens with one attached hydrogen (secondary N) is 1. The van der Waals surface area contributed by atoms with E-state index in [1.54, 1.807) is 26.3 Å². The van der Waals surface area contributed by atoms with E-state index < -0.39 is 0 Å². The maximum atomic E-state index is 12.3. The molecule has 0 radical (unpaired) electrons. The number of piperazine rings is 1. The molecule has 2 amide bonds. The van der Waals surface area contributed by atoms with Gasteiger partial charge in [0.25, 0.3) is 5.91 Å². The van der Waals surface area contributed by atoms with Crippen LogP contribution in [0.1, 0.15) is 22.8 Å². The van der Waals surface area contributed by atoms with Gasteiger partial charge in [0, 0.05) is 45.8 Å². The molecule has 0 saturated carbocycles. The average molecular weight is 382 g/mol. The second-order valence-electron chi connectivity index (χ2n) is 6.75. The van der Waals surface area contributed by atoms with Crippen LogP contribution in [0.4, 0.5) is 5.82 Å². The maximum Gasteiger partial charge on any atom is 0.252 e. The van der Waals surface area contributed by atoms with Crippen LogP contribution < -0.4 is 15.0 Å². The molecule has 7 heteroatoms. The van der Waals surface area contributed by atoms with Gasteiger partial charge in [-0.05, 0) is 36.2 Å². The van der Waals surface area contributed by atoms with Gasteiger partial charge in [0.2, 0.25) is 5.91 Å². The van der Waals surface area contributed by atoms with E-state index in [1.807, 2.05) is 35.2 Å². The summed E-state index contributed by atoms with van der Waals surface area (Å²) in [6.07, 6.45) is 2.36. The molecule has 2 heterocycles. The minimum Gasteiger partial charge on any atom is -0.497 e. The molecule has 0 atom stereocenters. The van der Waals surface area contributed by atoms with Crippen molar-refractivity contribution in [1.82, 2.24) is 15.2 Å². The highest BCUT2D eigenvalue weighted by molar-refractivity contribution is 5.94. The molecule has 1 N–H and O–H groups in total. The number of hydrogen-bond acceptors (Lipinski definition) is 5. The molecule has 0 unspecified atom stereocenters. The summed E-state index contributed by atoms with van der Waals surface area (Å²) in [5.41, 5.74) is 1.68. The van der Waals surface area contributed by atoms with Crippen molar-refractivity contribution in [3.8, 4) is 5.75 Å². The smallest absolute Gasteiger partial charge is 0.252 e. The van der Waals surface area contributed by atoms with E-state index in [0.29, 0.717) is 25.2 Å². The summed E-state index contributed by atoms with van der Waals surface area (Å²) >= 11 is 0. The van der Waals surface area contributed by atoms with Crippen LogP contribution in [0.5, 0.6) is 5.75 Å². The summed E-state index contributed by atoms with van der Waals surface area (Å²) < 4.78 is 5.14. The van der Waals surface area contributed by atoms with Crippen LogP contribution in [-0.4, -0.2) is 61.5 Å². The van der Waals surface area contributed by atoms with Crippen LogP contribution in [0.3, 0.4) is 0 Å². The fourth-order valence-electron chi connectivity index (χ4n) is 3.17. The first-order chi connectivity index (χ1) is 13.6. The Balaban J connectivity index is 1.47. The Labute approximate surface area is 165 Å². The second-order valence-corrected chi connectivity index (χ2v) is 6.75. The van der Waals surface area contributed by atoms with Crippen molar-refractivity contribution >= 4 is 17.6 Å². The molecule has 3 rings (SSSR count). The van der Waals surface area contributed by atoms with Crippen LogP contribution in [0.25, 0.3) is 0 Å². The summed E-state index contributed by atoms with van der Waals surface area (Å²) in [5, 5.41) is 2.93. The largest absolute Gasteiger partial charge is 0.497 e. The number of nitrogens with zero attached hydrogens (tertiary/aromatic N) is 3. The molecule has 1 aromatic carbocycles. The Morgan fingerprint density at radius 3 is 2.36 bits per heavy atom. The van der Waals surface area contributed by atoms with Gasteiger partial charge in [0.15, 0.2) is 0 Å². The molecule has 1 fully saturated rings. The van der Waals surface area contributed by atoms with Crippen molar-refractivity contribution in [2.75, 3.05) is 44.7 Å². The summed E-state index contributed by atoms with van der Waals surface area (Å²) in [6, 6.07) is 11.5. The number of anilines is 1. The average Bonchev–Trinajstić information content (AvgIpc) is 2.74. The van der Waals surface area contributed by atoms with Crippen molar-refractivity contribution in [3.63, 3.8) is 0 Å². The van der Waals surface area contributed by atoms with Crippen LogP contribution >= 0.6 is 0 Å². The second kappa shape index (κ2) is 9.21. The van der Waals surface area contributed by atoms with Gasteiger partial charge in [-0.15, -0.1) is 0 Å². The van der Waals surface area contributed by atoms with Gasteiger partial charge in [-0.1, -0.05) is 12.1 Å². The molecule has 0 spiro atoms. The number of methoxy groups -OCH3 is 1. The van der Waals surface area contributed by atoms with E-state index in [2.05, 4.69) is 15.2 Å². The van der Waals surface area contributed by atoms with Crippen LogP contribution in [-0.2, 0) is 11.2 Å². The Morgan fingerprint density at radius 2 is 1.79 bits per heavy atom. The quantitative estimate of drug-likeness (QED) is 0.824. The van der Waals surface area contributed by atoms with Crippen molar-refractivity contribution < 1.29 is 14.3 Å². The van der Waals surface area contributed by atoms with E-state index >= 15 is 0 Å². The predicted octanol–water partition coefficient (Wildman–Crippen LogP) is 1.73. The minimum atomic E-state index is -0.131. The molecule has 28 heavy (non-hydrogen) atoms. The fourth-order valence-corrected chi connectivity index (χ4v) is 3.17. The molecule has 2 aromatic rings. The van der Waals surface area contributed by atoms with Gasteiger partial charge < -0.3 is 19.9 Å². The number of carbonyl (C=O) groups excluding carboxylic acids is 2. The number of benzene rings is 1. The van der Waals surface area contributed by atoms with Gasteiger partial charge in [-0.3, -0.25) is 9.59 Å². The standard InChI is InChI=1S/C21H26N4O3/c1-16(26)24-11-13-25(14-12-24)20-8-5-18(15-23-20)21(27)22-10-9-17-3-6-19(28-2)7-4-17/h3-8,15H,9-14H2,1-2H3,(H,22,27). The highest BCUT2D eigenvalue weighted by atomic mass is 16.5. The van der Waals surface area contributed by atoms with Crippen LogP contribution in [0, 0.1) is 0 Å². The van der Waals surface area contributed by atoms with E-state index in [-0.39, 0.29) is 11.8 Å². The van der Waals surface area contributed by atoms with Gasteiger partial charge in [-0.2, -0.15) is 0 Å². The Kier molecular flexibility index (Phi) is 6.47. The van der Waals surface area contributed by atoms with Crippen molar-refractivity contribution in [1.29, 1.82) is 0 Å². The van der Waals surface area contributed by atoms with Gasteiger partial charge in [-0.25, -0.2) is 4.98 Å². The first-order valence-corrected chi connectivity index (χ1v) is 9.44. The van der Waals surface area contributed by atoms with E-state index in [1.165, 1.54) is 0 Å².